The Hall–Kier alpha value is -1.93. The normalized spacial score (nSPS) is 17.2. The van der Waals surface area contributed by atoms with Crippen LogP contribution in [0.1, 0.15) is 18.5 Å². The molecule has 0 unspecified atom stereocenters. The van der Waals surface area contributed by atoms with Crippen LogP contribution in [0.2, 0.25) is 0 Å². The van der Waals surface area contributed by atoms with Crippen molar-refractivity contribution in [3.8, 4) is 6.07 Å². The van der Waals surface area contributed by atoms with Crippen LogP contribution in [0.3, 0.4) is 0 Å². The van der Waals surface area contributed by atoms with Crippen molar-refractivity contribution in [2.24, 2.45) is 5.41 Å². The van der Waals surface area contributed by atoms with Crippen LogP contribution in [-0.2, 0) is 16.0 Å². The molecule has 106 valence electrons. The van der Waals surface area contributed by atoms with Gasteiger partial charge < -0.3 is 9.64 Å². The van der Waals surface area contributed by atoms with Crippen LogP contribution in [0.5, 0.6) is 0 Å². The highest BCUT2D eigenvalue weighted by atomic mass is 16.5. The Kier molecular flexibility index (Phi) is 4.70. The number of hydrogen-bond acceptors (Lipinski definition) is 4. The van der Waals surface area contributed by atoms with Gasteiger partial charge in [0.15, 0.2) is 0 Å². The molecule has 0 N–H and O–H groups in total. The van der Waals surface area contributed by atoms with Crippen molar-refractivity contribution >= 4 is 5.91 Å². The van der Waals surface area contributed by atoms with Crippen molar-refractivity contribution in [3.63, 3.8) is 0 Å². The molecule has 1 aliphatic heterocycles. The smallest absolute Gasteiger partial charge is 0.242 e. The maximum Gasteiger partial charge on any atom is 0.242 e. The van der Waals surface area contributed by atoms with Crippen LogP contribution >= 0.6 is 0 Å². The summed E-state index contributed by atoms with van der Waals surface area (Å²) in [6.45, 7) is 1.53. The van der Waals surface area contributed by atoms with Gasteiger partial charge in [0.05, 0.1) is 6.07 Å². The monoisotopic (exact) mass is 273 g/mol. The van der Waals surface area contributed by atoms with Gasteiger partial charge in [0.2, 0.25) is 5.91 Å². The molecule has 1 fully saturated rings. The zero-order chi connectivity index (χ0) is 14.4. The lowest BCUT2D eigenvalue weighted by Crippen LogP contribution is -2.45. The Morgan fingerprint density at radius 3 is 2.85 bits per heavy atom. The first kappa shape index (κ1) is 14.5. The Balaban J connectivity index is 1.96. The lowest BCUT2D eigenvalue weighted by Gasteiger charge is -2.33. The number of hydrogen-bond donors (Lipinski definition) is 0. The lowest BCUT2D eigenvalue weighted by molar-refractivity contribution is -0.142. The number of carbonyl (C=O) groups is 1. The molecule has 0 aromatic carbocycles. The van der Waals surface area contributed by atoms with Gasteiger partial charge in [0.25, 0.3) is 0 Å². The van der Waals surface area contributed by atoms with E-state index in [4.69, 9.17) is 4.74 Å². The van der Waals surface area contributed by atoms with Gasteiger partial charge in [0.1, 0.15) is 5.41 Å². The molecule has 1 saturated heterocycles. The predicted octanol–water partition coefficient (Wildman–Crippen LogP) is 1.40. The summed E-state index contributed by atoms with van der Waals surface area (Å²) in [6.07, 6.45) is 3.40. The molecular weight excluding hydrogens is 254 g/mol. The molecule has 1 aromatic rings. The molecule has 5 heteroatoms. The average Bonchev–Trinajstić information content (AvgIpc) is 2.53. The van der Waals surface area contributed by atoms with E-state index in [1.807, 2.05) is 18.2 Å². The van der Waals surface area contributed by atoms with Crippen LogP contribution in [0.15, 0.2) is 24.4 Å². The van der Waals surface area contributed by atoms with Crippen molar-refractivity contribution in [1.82, 2.24) is 9.88 Å². The van der Waals surface area contributed by atoms with Crippen molar-refractivity contribution in [1.29, 1.82) is 5.26 Å². The first-order chi connectivity index (χ1) is 9.68. The molecular formula is C15H19N3O2. The van der Waals surface area contributed by atoms with Crippen LogP contribution in [0, 0.1) is 16.7 Å². The van der Waals surface area contributed by atoms with E-state index < -0.39 is 5.41 Å². The maximum absolute atomic E-state index is 12.5. The molecule has 2 heterocycles. The van der Waals surface area contributed by atoms with Gasteiger partial charge in [-0.25, -0.2) is 0 Å². The van der Waals surface area contributed by atoms with E-state index in [9.17, 15) is 10.1 Å². The van der Waals surface area contributed by atoms with Crippen molar-refractivity contribution in [3.05, 3.63) is 30.1 Å². The van der Waals surface area contributed by atoms with E-state index >= 15 is 0 Å². The third kappa shape index (κ3) is 3.14. The topological polar surface area (TPSA) is 66.2 Å². The number of ether oxygens (including phenoxy) is 1. The van der Waals surface area contributed by atoms with Crippen LogP contribution in [-0.4, -0.2) is 42.6 Å². The Bertz CT molecular complexity index is 490. The largest absolute Gasteiger partial charge is 0.381 e. The Labute approximate surface area is 119 Å². The number of rotatable bonds is 4. The molecule has 2 rings (SSSR count). The highest BCUT2D eigenvalue weighted by Gasteiger charge is 2.42. The SMILES string of the molecule is CN(CCc1ccccn1)C(=O)C1(C#N)CCOCC1. The molecule has 0 spiro atoms. The van der Waals surface area contributed by atoms with E-state index in [1.54, 1.807) is 18.1 Å². The maximum atomic E-state index is 12.5. The summed E-state index contributed by atoms with van der Waals surface area (Å²) in [6, 6.07) is 7.94. The molecule has 1 aromatic heterocycles. The van der Waals surface area contributed by atoms with Gasteiger partial charge in [0, 0.05) is 45.1 Å². The minimum Gasteiger partial charge on any atom is -0.381 e. The lowest BCUT2D eigenvalue weighted by atomic mass is 9.80. The summed E-state index contributed by atoms with van der Waals surface area (Å²) in [5.74, 6) is -0.0979. The second-order valence-electron chi connectivity index (χ2n) is 5.10. The third-order valence-electron chi connectivity index (χ3n) is 3.75. The van der Waals surface area contributed by atoms with Crippen LogP contribution in [0.25, 0.3) is 0 Å². The van der Waals surface area contributed by atoms with Crippen molar-refractivity contribution in [2.45, 2.75) is 19.3 Å². The molecule has 5 nitrogen and oxygen atoms in total. The van der Waals surface area contributed by atoms with E-state index in [0.717, 1.165) is 5.69 Å². The quantitative estimate of drug-likeness (QED) is 0.831. The number of nitrogens with zero attached hydrogens (tertiary/aromatic N) is 3. The molecule has 0 aliphatic carbocycles. The van der Waals surface area contributed by atoms with Gasteiger partial charge in [-0.15, -0.1) is 0 Å². The number of amides is 1. The minimum absolute atomic E-state index is 0.0979. The van der Waals surface area contributed by atoms with E-state index in [1.165, 1.54) is 0 Å². The molecule has 0 saturated carbocycles. The summed E-state index contributed by atoms with van der Waals surface area (Å²) in [4.78, 5) is 18.4. The summed E-state index contributed by atoms with van der Waals surface area (Å²) >= 11 is 0. The first-order valence-corrected chi connectivity index (χ1v) is 6.82. The summed E-state index contributed by atoms with van der Waals surface area (Å²) in [5.41, 5.74) is 0.0436. The predicted molar refractivity (Wildman–Crippen MR) is 73.7 cm³/mol. The third-order valence-corrected chi connectivity index (χ3v) is 3.75. The number of likely N-dealkylation sites (N-methyl/N-ethyl adjacent to an activating group) is 1. The molecule has 0 bridgehead atoms. The molecule has 20 heavy (non-hydrogen) atoms. The fraction of sp³-hybridized carbons (Fsp3) is 0.533. The van der Waals surface area contributed by atoms with Crippen LogP contribution < -0.4 is 0 Å². The van der Waals surface area contributed by atoms with Gasteiger partial charge in [-0.05, 0) is 25.0 Å². The Morgan fingerprint density at radius 2 is 2.25 bits per heavy atom. The highest BCUT2D eigenvalue weighted by molar-refractivity contribution is 5.85. The second kappa shape index (κ2) is 6.49. The average molecular weight is 273 g/mol. The van der Waals surface area contributed by atoms with Gasteiger partial charge in [-0.1, -0.05) is 6.07 Å². The molecule has 0 radical (unpaired) electrons. The van der Waals surface area contributed by atoms with E-state index in [-0.39, 0.29) is 5.91 Å². The zero-order valence-electron chi connectivity index (χ0n) is 11.7. The fourth-order valence-corrected chi connectivity index (χ4v) is 2.39. The summed E-state index contributed by atoms with van der Waals surface area (Å²) < 4.78 is 5.25. The summed E-state index contributed by atoms with van der Waals surface area (Å²) in [5, 5.41) is 9.38. The minimum atomic E-state index is -0.906. The Morgan fingerprint density at radius 1 is 1.50 bits per heavy atom. The molecule has 0 atom stereocenters. The van der Waals surface area contributed by atoms with E-state index in [0.29, 0.717) is 39.0 Å². The second-order valence-corrected chi connectivity index (χ2v) is 5.10. The van der Waals surface area contributed by atoms with E-state index in [2.05, 4.69) is 11.1 Å². The zero-order valence-corrected chi connectivity index (χ0v) is 11.7. The van der Waals surface area contributed by atoms with Gasteiger partial charge in [-0.2, -0.15) is 5.26 Å². The first-order valence-electron chi connectivity index (χ1n) is 6.82. The van der Waals surface area contributed by atoms with Crippen molar-refractivity contribution < 1.29 is 9.53 Å². The van der Waals surface area contributed by atoms with Crippen LogP contribution in [0.4, 0.5) is 0 Å². The highest BCUT2D eigenvalue weighted by Crippen LogP contribution is 2.31. The number of carbonyl (C=O) groups excluding carboxylic acids is 1. The summed E-state index contributed by atoms with van der Waals surface area (Å²) in [7, 11) is 1.75. The molecule has 1 aliphatic rings. The molecule has 1 amide bonds. The fourth-order valence-electron chi connectivity index (χ4n) is 2.39. The standard InChI is InChI=1S/C15H19N3O2/c1-18(9-5-13-4-2-3-8-17-13)14(19)15(12-16)6-10-20-11-7-15/h2-4,8H,5-7,9-11H2,1H3. The number of pyridine rings is 1. The number of nitriles is 1. The number of aromatic nitrogens is 1. The van der Waals surface area contributed by atoms with Gasteiger partial charge >= 0.3 is 0 Å². The van der Waals surface area contributed by atoms with Gasteiger partial charge in [-0.3, -0.25) is 9.78 Å². The van der Waals surface area contributed by atoms with Crippen molar-refractivity contribution in [2.75, 3.05) is 26.8 Å².